The fourth-order valence-electron chi connectivity index (χ4n) is 2.26. The lowest BCUT2D eigenvalue weighted by Crippen LogP contribution is -2.40. The van der Waals surface area contributed by atoms with Gasteiger partial charge in [0.1, 0.15) is 5.82 Å². The van der Waals surface area contributed by atoms with E-state index in [1.807, 2.05) is 6.07 Å². The van der Waals surface area contributed by atoms with Gasteiger partial charge in [0.2, 0.25) is 5.88 Å². The minimum Gasteiger partial charge on any atom is -0.479 e. The van der Waals surface area contributed by atoms with Crippen LogP contribution in [0.15, 0.2) is 12.1 Å². The molecule has 18 heavy (non-hydrogen) atoms. The van der Waals surface area contributed by atoms with Crippen LogP contribution in [-0.4, -0.2) is 30.3 Å². The fraction of sp³-hybridized carbons (Fsp3) is 0.615. The van der Waals surface area contributed by atoms with Crippen molar-refractivity contribution in [3.63, 3.8) is 0 Å². The van der Waals surface area contributed by atoms with Crippen molar-refractivity contribution in [1.82, 2.24) is 4.98 Å². The minimum atomic E-state index is -0.0756. The van der Waals surface area contributed by atoms with Crippen molar-refractivity contribution in [3.8, 4) is 5.88 Å². The first kappa shape index (κ1) is 13.0. The molecule has 1 aromatic heterocycles. The van der Waals surface area contributed by atoms with Crippen LogP contribution < -0.4 is 15.8 Å². The van der Waals surface area contributed by atoms with Gasteiger partial charge in [0.25, 0.3) is 0 Å². The normalized spacial score (nSPS) is 22.5. The second kappa shape index (κ2) is 5.02. The molecule has 1 unspecified atom stereocenters. The van der Waals surface area contributed by atoms with E-state index in [-0.39, 0.29) is 5.60 Å². The summed E-state index contributed by atoms with van der Waals surface area (Å²) in [5, 5.41) is 3.41. The Balaban J connectivity index is 2.05. The van der Waals surface area contributed by atoms with Crippen LogP contribution in [0.25, 0.3) is 0 Å². The van der Waals surface area contributed by atoms with Gasteiger partial charge in [0, 0.05) is 12.6 Å². The molecule has 1 fully saturated rings. The average Bonchev–Trinajstić information content (AvgIpc) is 2.30. The third-order valence-electron chi connectivity index (χ3n) is 3.13. The summed E-state index contributed by atoms with van der Waals surface area (Å²) < 4.78 is 10.8. The van der Waals surface area contributed by atoms with Gasteiger partial charge in [-0.3, -0.25) is 0 Å². The summed E-state index contributed by atoms with van der Waals surface area (Å²) >= 11 is 0. The number of nitrogens with two attached hydrogens (primary N) is 1. The molecule has 1 saturated heterocycles. The summed E-state index contributed by atoms with van der Waals surface area (Å²) in [4.78, 5) is 4.33. The van der Waals surface area contributed by atoms with Crippen LogP contribution in [-0.2, 0) is 4.74 Å². The Morgan fingerprint density at radius 2 is 2.28 bits per heavy atom. The summed E-state index contributed by atoms with van der Waals surface area (Å²) in [6.07, 6.45) is 1.94. The Morgan fingerprint density at radius 1 is 1.50 bits per heavy atom. The van der Waals surface area contributed by atoms with Crippen LogP contribution in [0.4, 0.5) is 11.5 Å². The quantitative estimate of drug-likeness (QED) is 0.860. The van der Waals surface area contributed by atoms with E-state index in [2.05, 4.69) is 24.1 Å². The van der Waals surface area contributed by atoms with Crippen LogP contribution in [0, 0.1) is 0 Å². The van der Waals surface area contributed by atoms with Gasteiger partial charge < -0.3 is 20.5 Å². The van der Waals surface area contributed by atoms with Gasteiger partial charge in [-0.05, 0) is 38.8 Å². The van der Waals surface area contributed by atoms with E-state index in [0.29, 0.717) is 17.6 Å². The predicted molar refractivity (Wildman–Crippen MR) is 71.9 cm³/mol. The summed E-state index contributed by atoms with van der Waals surface area (Å²) in [6, 6.07) is 4.05. The Bertz CT molecular complexity index is 421. The summed E-state index contributed by atoms with van der Waals surface area (Å²) in [6.45, 7) is 4.99. The number of nitrogen functional groups attached to an aromatic ring is 1. The van der Waals surface area contributed by atoms with Gasteiger partial charge >= 0.3 is 0 Å². The van der Waals surface area contributed by atoms with E-state index < -0.39 is 0 Å². The van der Waals surface area contributed by atoms with Crippen molar-refractivity contribution < 1.29 is 9.47 Å². The molecular weight excluding hydrogens is 230 g/mol. The number of rotatable bonds is 3. The standard InChI is InChI=1S/C13H21N3O2/c1-13(2)8-9(6-7-18-13)15-11-5-4-10(14)12(16-11)17-3/h4-5,9H,6-8,14H2,1-3H3,(H,15,16). The van der Waals surface area contributed by atoms with Crippen LogP contribution in [0.3, 0.4) is 0 Å². The van der Waals surface area contributed by atoms with Gasteiger partial charge in [-0.1, -0.05) is 0 Å². The van der Waals surface area contributed by atoms with Crippen LogP contribution in [0.1, 0.15) is 26.7 Å². The van der Waals surface area contributed by atoms with E-state index in [4.69, 9.17) is 15.2 Å². The number of hydrogen-bond donors (Lipinski definition) is 2. The summed E-state index contributed by atoms with van der Waals surface area (Å²) in [7, 11) is 1.57. The molecule has 3 N–H and O–H groups in total. The molecule has 0 bridgehead atoms. The molecule has 2 heterocycles. The molecule has 5 nitrogen and oxygen atoms in total. The van der Waals surface area contributed by atoms with Crippen molar-refractivity contribution in [3.05, 3.63) is 12.1 Å². The van der Waals surface area contributed by atoms with E-state index in [1.165, 1.54) is 0 Å². The second-order valence-electron chi connectivity index (χ2n) is 5.24. The van der Waals surface area contributed by atoms with Gasteiger partial charge in [-0.25, -0.2) is 0 Å². The van der Waals surface area contributed by atoms with Crippen LogP contribution in [0.5, 0.6) is 5.88 Å². The van der Waals surface area contributed by atoms with E-state index >= 15 is 0 Å². The number of anilines is 2. The molecule has 0 saturated carbocycles. The summed E-state index contributed by atoms with van der Waals surface area (Å²) in [5.74, 6) is 1.26. The van der Waals surface area contributed by atoms with Crippen molar-refractivity contribution in [2.45, 2.75) is 38.3 Å². The highest BCUT2D eigenvalue weighted by atomic mass is 16.5. The number of nitrogens with one attached hydrogen (secondary N) is 1. The maximum atomic E-state index is 5.74. The number of hydrogen-bond acceptors (Lipinski definition) is 5. The van der Waals surface area contributed by atoms with E-state index in [0.717, 1.165) is 25.3 Å². The van der Waals surface area contributed by atoms with Crippen LogP contribution >= 0.6 is 0 Å². The maximum Gasteiger partial charge on any atom is 0.238 e. The molecule has 1 aromatic rings. The molecule has 2 rings (SSSR count). The topological polar surface area (TPSA) is 69.4 Å². The zero-order chi connectivity index (χ0) is 13.2. The van der Waals surface area contributed by atoms with Gasteiger partial charge in [-0.15, -0.1) is 0 Å². The number of aromatic nitrogens is 1. The van der Waals surface area contributed by atoms with Crippen molar-refractivity contribution in [2.24, 2.45) is 0 Å². The first-order chi connectivity index (χ1) is 8.50. The zero-order valence-corrected chi connectivity index (χ0v) is 11.2. The predicted octanol–water partition coefficient (Wildman–Crippen LogP) is 2.04. The Labute approximate surface area is 108 Å². The van der Waals surface area contributed by atoms with E-state index in [9.17, 15) is 0 Å². The first-order valence-electron chi connectivity index (χ1n) is 6.21. The zero-order valence-electron chi connectivity index (χ0n) is 11.2. The van der Waals surface area contributed by atoms with Crippen molar-refractivity contribution >= 4 is 11.5 Å². The minimum absolute atomic E-state index is 0.0756. The highest BCUT2D eigenvalue weighted by molar-refractivity contribution is 5.53. The molecular formula is C13H21N3O2. The Kier molecular flexibility index (Phi) is 3.61. The average molecular weight is 251 g/mol. The third-order valence-corrected chi connectivity index (χ3v) is 3.13. The van der Waals surface area contributed by atoms with Gasteiger partial charge in [0.05, 0.1) is 18.4 Å². The second-order valence-corrected chi connectivity index (χ2v) is 5.24. The maximum absolute atomic E-state index is 5.74. The number of nitrogens with zero attached hydrogens (tertiary/aromatic N) is 1. The molecule has 0 spiro atoms. The third kappa shape index (κ3) is 3.04. The molecule has 0 amide bonds. The van der Waals surface area contributed by atoms with Gasteiger partial charge in [-0.2, -0.15) is 4.98 Å². The smallest absolute Gasteiger partial charge is 0.238 e. The number of methoxy groups -OCH3 is 1. The van der Waals surface area contributed by atoms with Crippen LogP contribution in [0.2, 0.25) is 0 Å². The Morgan fingerprint density at radius 3 is 2.94 bits per heavy atom. The SMILES string of the molecule is COc1nc(NC2CCOC(C)(C)C2)ccc1N. The molecule has 0 aromatic carbocycles. The molecule has 1 atom stereocenters. The molecule has 5 heteroatoms. The molecule has 0 aliphatic carbocycles. The van der Waals surface area contributed by atoms with Crippen molar-refractivity contribution in [2.75, 3.05) is 24.8 Å². The summed E-state index contributed by atoms with van der Waals surface area (Å²) in [5.41, 5.74) is 6.22. The highest BCUT2D eigenvalue weighted by Gasteiger charge is 2.28. The lowest BCUT2D eigenvalue weighted by molar-refractivity contribution is -0.0553. The molecule has 0 radical (unpaired) electrons. The number of ether oxygens (including phenoxy) is 2. The number of pyridine rings is 1. The lowest BCUT2D eigenvalue weighted by atomic mass is 9.94. The Hall–Kier alpha value is -1.49. The van der Waals surface area contributed by atoms with Crippen molar-refractivity contribution in [1.29, 1.82) is 0 Å². The van der Waals surface area contributed by atoms with Gasteiger partial charge in [0.15, 0.2) is 0 Å². The molecule has 100 valence electrons. The largest absolute Gasteiger partial charge is 0.479 e. The molecule has 1 aliphatic heterocycles. The molecule has 1 aliphatic rings. The lowest BCUT2D eigenvalue weighted by Gasteiger charge is -2.36. The monoisotopic (exact) mass is 251 g/mol. The van der Waals surface area contributed by atoms with E-state index in [1.54, 1.807) is 13.2 Å². The highest BCUT2D eigenvalue weighted by Crippen LogP contribution is 2.27. The fourth-order valence-corrected chi connectivity index (χ4v) is 2.26. The first-order valence-corrected chi connectivity index (χ1v) is 6.21.